The molecule has 4 rings (SSSR count). The van der Waals surface area contributed by atoms with Gasteiger partial charge < -0.3 is 24.8 Å². The smallest absolute Gasteiger partial charge is 0.415 e. The number of hydrogen-bond acceptors (Lipinski definition) is 9. The lowest BCUT2D eigenvalue weighted by atomic mass is 10.0. The molecule has 0 saturated carbocycles. The number of carbonyl (C=O) groups excluding carboxylic acids is 1. The minimum Gasteiger partial charge on any atom is -0.481 e. The maximum atomic E-state index is 13.0. The first-order valence-corrected chi connectivity index (χ1v) is 13.2. The number of carboxylic acid groups (broad SMARTS) is 1. The predicted octanol–water partition coefficient (Wildman–Crippen LogP) is 4.46. The number of nitrogens with zero attached hydrogens (tertiary/aromatic N) is 5. The van der Waals surface area contributed by atoms with Crippen LogP contribution in [0, 0.1) is 6.92 Å². The van der Waals surface area contributed by atoms with E-state index in [9.17, 15) is 9.59 Å². The zero-order chi connectivity index (χ0) is 28.9. The van der Waals surface area contributed by atoms with Crippen LogP contribution < -0.4 is 19.9 Å². The number of ether oxygens (including phenoxy) is 2. The maximum Gasteiger partial charge on any atom is 0.415 e. The molecule has 0 radical (unpaired) electrons. The van der Waals surface area contributed by atoms with Gasteiger partial charge in [0.25, 0.3) is 0 Å². The molecule has 0 atom stereocenters. The molecule has 40 heavy (non-hydrogen) atoms. The molecule has 0 aliphatic carbocycles. The van der Waals surface area contributed by atoms with Gasteiger partial charge in [-0.15, -0.1) is 0 Å². The highest BCUT2D eigenvalue weighted by molar-refractivity contribution is 5.92. The van der Waals surface area contributed by atoms with Gasteiger partial charge in [-0.25, -0.2) is 9.78 Å². The van der Waals surface area contributed by atoms with E-state index in [4.69, 9.17) is 14.6 Å². The lowest BCUT2D eigenvalue weighted by molar-refractivity contribution is -0.136. The van der Waals surface area contributed by atoms with E-state index in [-0.39, 0.29) is 6.42 Å². The van der Waals surface area contributed by atoms with E-state index in [1.807, 2.05) is 46.0 Å². The van der Waals surface area contributed by atoms with Crippen molar-refractivity contribution < 1.29 is 24.2 Å². The van der Waals surface area contributed by atoms with Gasteiger partial charge >= 0.3 is 12.1 Å². The molecular weight excluding hydrogens is 512 g/mol. The van der Waals surface area contributed by atoms with Crippen LogP contribution in [0.3, 0.4) is 0 Å². The second-order valence-electron chi connectivity index (χ2n) is 10.6. The summed E-state index contributed by atoms with van der Waals surface area (Å²) in [5, 5.41) is 12.1. The van der Waals surface area contributed by atoms with Gasteiger partial charge in [0.05, 0.1) is 37.1 Å². The van der Waals surface area contributed by atoms with Crippen LogP contribution in [0.1, 0.15) is 38.3 Å². The Balaban J connectivity index is 1.44. The molecule has 2 N–H and O–H groups in total. The van der Waals surface area contributed by atoms with Gasteiger partial charge in [-0.3, -0.25) is 19.7 Å². The van der Waals surface area contributed by atoms with Crippen molar-refractivity contribution in [1.29, 1.82) is 0 Å². The summed E-state index contributed by atoms with van der Waals surface area (Å²) in [5.74, 6) is -0.434. The van der Waals surface area contributed by atoms with Crippen LogP contribution in [0.5, 0.6) is 5.88 Å². The minimum atomic E-state index is -0.855. The molecule has 0 bridgehead atoms. The van der Waals surface area contributed by atoms with Crippen molar-refractivity contribution in [2.75, 3.05) is 48.0 Å². The van der Waals surface area contributed by atoms with Gasteiger partial charge in [-0.05, 0) is 64.1 Å². The number of aromatic nitrogens is 1. The molecule has 11 heteroatoms. The van der Waals surface area contributed by atoms with E-state index in [1.54, 1.807) is 23.2 Å². The van der Waals surface area contributed by atoms with Crippen molar-refractivity contribution in [2.45, 2.75) is 46.1 Å². The summed E-state index contributed by atoms with van der Waals surface area (Å²) in [6.45, 7) is 13.6. The SMILES string of the molecule is C=NC1=C(/C=N\CNc2ccc(CC(=O)O)cc2)CCN(c2cnc3c(c2C)N(C(=O)OC(C)(C)C)CCO3)C1. The van der Waals surface area contributed by atoms with E-state index < -0.39 is 17.7 Å². The lowest BCUT2D eigenvalue weighted by Crippen LogP contribution is -2.42. The van der Waals surface area contributed by atoms with E-state index in [2.05, 4.69) is 31.9 Å². The average Bonchev–Trinajstić information content (AvgIpc) is 2.91. The highest BCUT2D eigenvalue weighted by Gasteiger charge is 2.32. The summed E-state index contributed by atoms with van der Waals surface area (Å²) in [7, 11) is 0. The van der Waals surface area contributed by atoms with E-state index in [0.29, 0.717) is 50.9 Å². The van der Waals surface area contributed by atoms with E-state index in [0.717, 1.165) is 33.8 Å². The molecule has 2 aliphatic rings. The van der Waals surface area contributed by atoms with Crippen molar-refractivity contribution >= 4 is 42.1 Å². The van der Waals surface area contributed by atoms with E-state index >= 15 is 0 Å². The standard InChI is InChI=1S/C29H36N6O5/c1-19-24(16-32-27-26(19)35(12-13-39-27)28(38)40-29(2,3)4)34-11-10-21(23(17-34)30-5)15-31-18-33-22-8-6-20(7-9-22)14-25(36)37/h6-9,15-16,33H,5,10-14,17-18H2,1-4H3,(H,36,37)/b31-15-. The topological polar surface area (TPSA) is 129 Å². The van der Waals surface area contributed by atoms with Crippen LogP contribution in [-0.2, 0) is 16.0 Å². The Morgan fingerprint density at radius 1 is 1.25 bits per heavy atom. The zero-order valence-corrected chi connectivity index (χ0v) is 23.4. The van der Waals surface area contributed by atoms with Crippen molar-refractivity contribution in [2.24, 2.45) is 9.98 Å². The number of pyridine rings is 1. The third-order valence-corrected chi connectivity index (χ3v) is 6.51. The second kappa shape index (κ2) is 12.2. The van der Waals surface area contributed by atoms with Crippen LogP contribution in [0.4, 0.5) is 21.9 Å². The summed E-state index contributed by atoms with van der Waals surface area (Å²) in [6.07, 6.45) is 3.89. The van der Waals surface area contributed by atoms with Gasteiger partial charge in [0.2, 0.25) is 5.88 Å². The van der Waals surface area contributed by atoms with Crippen molar-refractivity contribution in [3.05, 3.63) is 52.9 Å². The third-order valence-electron chi connectivity index (χ3n) is 6.51. The number of rotatable bonds is 8. The number of amides is 1. The number of aliphatic carboxylic acids is 1. The molecule has 2 aliphatic heterocycles. The first-order valence-electron chi connectivity index (χ1n) is 13.2. The summed E-state index contributed by atoms with van der Waals surface area (Å²) < 4.78 is 11.4. The first-order chi connectivity index (χ1) is 19.1. The van der Waals surface area contributed by atoms with Crippen molar-refractivity contribution in [3.8, 4) is 5.88 Å². The van der Waals surface area contributed by atoms with Crippen LogP contribution in [0.15, 0.2) is 51.7 Å². The number of carbonyl (C=O) groups is 2. The molecule has 0 saturated heterocycles. The number of fused-ring (bicyclic) bond motifs is 1. The Morgan fingerprint density at radius 3 is 2.67 bits per heavy atom. The number of benzene rings is 1. The number of anilines is 3. The molecule has 0 unspecified atom stereocenters. The highest BCUT2D eigenvalue weighted by atomic mass is 16.6. The molecule has 1 amide bonds. The molecular formula is C29H36N6O5. The number of aliphatic imine (C=N–C) groups is 2. The molecule has 1 aromatic heterocycles. The van der Waals surface area contributed by atoms with Crippen LogP contribution in [-0.4, -0.2) is 73.6 Å². The van der Waals surface area contributed by atoms with Gasteiger partial charge in [0.1, 0.15) is 24.6 Å². The summed E-state index contributed by atoms with van der Waals surface area (Å²) in [5.41, 5.74) is 5.22. The number of hydrogen-bond donors (Lipinski definition) is 2. The zero-order valence-electron chi connectivity index (χ0n) is 23.4. The minimum absolute atomic E-state index is 0.00223. The fourth-order valence-electron chi connectivity index (χ4n) is 4.61. The van der Waals surface area contributed by atoms with E-state index in [1.165, 1.54) is 0 Å². The van der Waals surface area contributed by atoms with Crippen molar-refractivity contribution in [1.82, 2.24) is 4.98 Å². The monoisotopic (exact) mass is 548 g/mol. The molecule has 0 spiro atoms. The molecule has 2 aromatic rings. The number of carboxylic acids is 1. The van der Waals surface area contributed by atoms with Gasteiger partial charge in [-0.1, -0.05) is 12.1 Å². The maximum absolute atomic E-state index is 13.0. The molecule has 11 nitrogen and oxygen atoms in total. The summed E-state index contributed by atoms with van der Waals surface area (Å²) >= 11 is 0. The third kappa shape index (κ3) is 6.96. The van der Waals surface area contributed by atoms with Crippen LogP contribution in [0.25, 0.3) is 0 Å². The Morgan fingerprint density at radius 2 is 2.00 bits per heavy atom. The van der Waals surface area contributed by atoms with Crippen LogP contribution >= 0.6 is 0 Å². The fraction of sp³-hybridized carbons (Fsp3) is 0.414. The normalized spacial score (nSPS) is 15.5. The lowest BCUT2D eigenvalue weighted by Gasteiger charge is -2.35. The Kier molecular flexibility index (Phi) is 8.71. The molecule has 212 valence electrons. The fourth-order valence-corrected chi connectivity index (χ4v) is 4.61. The second-order valence-corrected chi connectivity index (χ2v) is 10.6. The number of nitrogens with one attached hydrogen (secondary N) is 1. The molecule has 3 heterocycles. The van der Waals surface area contributed by atoms with Crippen molar-refractivity contribution in [3.63, 3.8) is 0 Å². The average molecular weight is 549 g/mol. The predicted molar refractivity (Wildman–Crippen MR) is 156 cm³/mol. The largest absolute Gasteiger partial charge is 0.481 e. The molecule has 0 fully saturated rings. The van der Waals surface area contributed by atoms with Crippen LogP contribution in [0.2, 0.25) is 0 Å². The first kappa shape index (κ1) is 28.6. The van der Waals surface area contributed by atoms with Gasteiger partial charge in [0, 0.05) is 24.0 Å². The Bertz CT molecular complexity index is 1330. The molecule has 1 aromatic carbocycles. The summed E-state index contributed by atoms with van der Waals surface area (Å²) in [4.78, 5) is 40.9. The Hall–Kier alpha value is -4.41. The summed E-state index contributed by atoms with van der Waals surface area (Å²) in [6, 6.07) is 7.25. The highest BCUT2D eigenvalue weighted by Crippen LogP contribution is 2.39. The van der Waals surface area contributed by atoms with Gasteiger partial charge in [0.15, 0.2) is 0 Å². The quantitative estimate of drug-likeness (QED) is 0.463. The Labute approximate surface area is 234 Å². The van der Waals surface area contributed by atoms with Gasteiger partial charge in [-0.2, -0.15) is 0 Å².